The molecule has 0 spiro atoms. The molecule has 1 aliphatic rings. The fraction of sp³-hybridized carbons (Fsp3) is 0.240. The topological polar surface area (TPSA) is 81.3 Å². The Kier molecular flexibility index (Phi) is 5.33. The highest BCUT2D eigenvalue weighted by Crippen LogP contribution is 2.22. The van der Waals surface area contributed by atoms with Crippen molar-refractivity contribution in [2.24, 2.45) is 0 Å². The summed E-state index contributed by atoms with van der Waals surface area (Å²) in [6.45, 7) is 4.39. The van der Waals surface area contributed by atoms with Crippen molar-refractivity contribution in [3.05, 3.63) is 72.6 Å². The zero-order valence-electron chi connectivity index (χ0n) is 17.9. The van der Waals surface area contributed by atoms with Crippen LogP contribution >= 0.6 is 0 Å². The number of piperazine rings is 1. The summed E-state index contributed by atoms with van der Waals surface area (Å²) in [5.41, 5.74) is 3.18. The van der Waals surface area contributed by atoms with Crippen molar-refractivity contribution in [3.8, 4) is 0 Å². The van der Waals surface area contributed by atoms with Crippen molar-refractivity contribution in [1.82, 2.24) is 19.8 Å². The van der Waals surface area contributed by atoms with E-state index in [0.717, 1.165) is 27.5 Å². The molecule has 1 fully saturated rings. The maximum Gasteiger partial charge on any atom is 0.270 e. The van der Waals surface area contributed by atoms with Crippen molar-refractivity contribution in [1.29, 1.82) is 0 Å². The number of H-pyrrole nitrogens is 1. The second-order valence-electron chi connectivity index (χ2n) is 8.14. The molecular weight excluding hydrogens is 402 g/mol. The molecule has 2 aromatic heterocycles. The van der Waals surface area contributed by atoms with Gasteiger partial charge in [-0.15, -0.1) is 0 Å². The third kappa shape index (κ3) is 3.83. The first-order valence-corrected chi connectivity index (χ1v) is 10.9. The summed E-state index contributed by atoms with van der Waals surface area (Å²) in [6, 6.07) is 19.0. The Balaban J connectivity index is 1.21. The molecule has 7 nitrogen and oxygen atoms in total. The van der Waals surface area contributed by atoms with E-state index in [-0.39, 0.29) is 17.9 Å². The Morgan fingerprint density at radius 3 is 2.62 bits per heavy atom. The van der Waals surface area contributed by atoms with Gasteiger partial charge in [-0.3, -0.25) is 19.5 Å². The molecule has 2 amide bonds. The molecule has 0 bridgehead atoms. The first-order chi connectivity index (χ1) is 15.6. The minimum atomic E-state index is -0.299. The van der Waals surface area contributed by atoms with Crippen LogP contribution in [0.25, 0.3) is 21.8 Å². The van der Waals surface area contributed by atoms with Gasteiger partial charge in [0.15, 0.2) is 0 Å². The zero-order chi connectivity index (χ0) is 22.1. The van der Waals surface area contributed by atoms with Gasteiger partial charge in [-0.1, -0.05) is 24.3 Å². The second-order valence-corrected chi connectivity index (χ2v) is 8.14. The van der Waals surface area contributed by atoms with Crippen LogP contribution in [0, 0.1) is 0 Å². The summed E-state index contributed by atoms with van der Waals surface area (Å²) < 4.78 is 0. The van der Waals surface area contributed by atoms with Crippen LogP contribution in [0.1, 0.15) is 17.4 Å². The van der Waals surface area contributed by atoms with Gasteiger partial charge in [-0.05, 0) is 43.3 Å². The van der Waals surface area contributed by atoms with Crippen molar-refractivity contribution < 1.29 is 9.59 Å². The van der Waals surface area contributed by atoms with Gasteiger partial charge in [0.05, 0.1) is 17.2 Å². The molecule has 7 heteroatoms. The largest absolute Gasteiger partial charge is 0.351 e. The number of aromatic nitrogens is 2. The molecular formula is C25H25N5O2. The highest BCUT2D eigenvalue weighted by Gasteiger charge is 2.28. The standard InChI is InChI=1S/C25H25N5O2/c1-17(24(31)28-22-10-4-9-21-19(22)7-5-11-26-21)29-12-14-30(15-13-29)25(32)23-16-18-6-2-3-8-20(18)27-23/h2-11,16-17,27H,12-15H2,1H3,(H,28,31). The number of benzene rings is 2. The number of anilines is 1. The van der Waals surface area contributed by atoms with E-state index in [1.54, 1.807) is 6.20 Å². The van der Waals surface area contributed by atoms with Crippen LogP contribution in [0.15, 0.2) is 66.9 Å². The molecule has 1 atom stereocenters. The summed E-state index contributed by atoms with van der Waals surface area (Å²) in [6.07, 6.45) is 1.74. The lowest BCUT2D eigenvalue weighted by molar-refractivity contribution is -0.121. The van der Waals surface area contributed by atoms with Crippen molar-refractivity contribution in [2.75, 3.05) is 31.5 Å². The highest BCUT2D eigenvalue weighted by molar-refractivity contribution is 6.02. The number of nitrogens with zero attached hydrogens (tertiary/aromatic N) is 3. The smallest absolute Gasteiger partial charge is 0.270 e. The molecule has 162 valence electrons. The predicted molar refractivity (Wildman–Crippen MR) is 126 cm³/mol. The molecule has 0 aliphatic carbocycles. The Morgan fingerprint density at radius 2 is 1.81 bits per heavy atom. The van der Waals surface area contributed by atoms with E-state index in [1.165, 1.54) is 0 Å². The highest BCUT2D eigenvalue weighted by atomic mass is 16.2. The molecule has 1 unspecified atom stereocenters. The van der Waals surface area contributed by atoms with Crippen LogP contribution in [0.2, 0.25) is 0 Å². The average Bonchev–Trinajstić information content (AvgIpc) is 3.28. The molecule has 32 heavy (non-hydrogen) atoms. The van der Waals surface area contributed by atoms with Crippen LogP contribution < -0.4 is 5.32 Å². The number of para-hydroxylation sites is 1. The van der Waals surface area contributed by atoms with Gasteiger partial charge in [0, 0.05) is 48.7 Å². The van der Waals surface area contributed by atoms with E-state index in [2.05, 4.69) is 20.2 Å². The molecule has 4 aromatic rings. The van der Waals surface area contributed by atoms with Crippen LogP contribution in [0.4, 0.5) is 5.69 Å². The first-order valence-electron chi connectivity index (χ1n) is 10.9. The number of carbonyl (C=O) groups excluding carboxylic acids is 2. The van der Waals surface area contributed by atoms with Gasteiger partial charge < -0.3 is 15.2 Å². The lowest BCUT2D eigenvalue weighted by Gasteiger charge is -2.37. The van der Waals surface area contributed by atoms with Crippen LogP contribution in [-0.2, 0) is 4.79 Å². The fourth-order valence-corrected chi connectivity index (χ4v) is 4.29. The van der Waals surface area contributed by atoms with Crippen molar-refractivity contribution >= 4 is 39.3 Å². The third-order valence-electron chi connectivity index (χ3n) is 6.19. The van der Waals surface area contributed by atoms with Crippen molar-refractivity contribution in [3.63, 3.8) is 0 Å². The normalized spacial score (nSPS) is 15.7. The Morgan fingerprint density at radius 1 is 1.00 bits per heavy atom. The Hall–Kier alpha value is -3.71. The number of carbonyl (C=O) groups is 2. The van der Waals surface area contributed by atoms with E-state index < -0.39 is 0 Å². The Bertz CT molecular complexity index is 1250. The summed E-state index contributed by atoms with van der Waals surface area (Å²) in [5, 5.41) is 5.00. The van der Waals surface area contributed by atoms with E-state index in [9.17, 15) is 9.59 Å². The SMILES string of the molecule is CC(C(=O)Nc1cccc2ncccc12)N1CCN(C(=O)c2cc3ccccc3[nH]2)CC1. The van der Waals surface area contributed by atoms with Gasteiger partial charge in [0.2, 0.25) is 5.91 Å². The first kappa shape index (κ1) is 20.2. The molecule has 2 aromatic carbocycles. The molecule has 1 saturated heterocycles. The Labute approximate surface area is 186 Å². The molecule has 2 N–H and O–H groups in total. The molecule has 5 rings (SSSR count). The van der Waals surface area contributed by atoms with Gasteiger partial charge in [0.25, 0.3) is 5.91 Å². The van der Waals surface area contributed by atoms with Gasteiger partial charge in [0.1, 0.15) is 5.69 Å². The second kappa shape index (κ2) is 8.43. The molecule has 1 aliphatic heterocycles. The number of hydrogen-bond donors (Lipinski definition) is 2. The van der Waals surface area contributed by atoms with Gasteiger partial charge in [-0.25, -0.2) is 0 Å². The molecule has 0 saturated carbocycles. The average molecular weight is 428 g/mol. The maximum atomic E-state index is 12.9. The number of hydrogen-bond acceptors (Lipinski definition) is 4. The number of pyridine rings is 1. The van der Waals surface area contributed by atoms with E-state index in [1.807, 2.05) is 72.5 Å². The summed E-state index contributed by atoms with van der Waals surface area (Å²) in [5.74, 6) is -0.0574. The molecule has 3 heterocycles. The summed E-state index contributed by atoms with van der Waals surface area (Å²) in [4.78, 5) is 37.4. The summed E-state index contributed by atoms with van der Waals surface area (Å²) in [7, 11) is 0. The van der Waals surface area contributed by atoms with Crippen molar-refractivity contribution in [2.45, 2.75) is 13.0 Å². The maximum absolute atomic E-state index is 12.9. The molecule has 0 radical (unpaired) electrons. The van der Waals surface area contributed by atoms with Crippen LogP contribution in [0.5, 0.6) is 0 Å². The van der Waals surface area contributed by atoms with E-state index in [0.29, 0.717) is 31.9 Å². The zero-order valence-corrected chi connectivity index (χ0v) is 17.9. The van der Waals surface area contributed by atoms with E-state index >= 15 is 0 Å². The number of rotatable bonds is 4. The quantitative estimate of drug-likeness (QED) is 0.522. The number of aromatic amines is 1. The van der Waals surface area contributed by atoms with E-state index in [4.69, 9.17) is 0 Å². The van der Waals surface area contributed by atoms with Gasteiger partial charge in [-0.2, -0.15) is 0 Å². The number of nitrogens with one attached hydrogen (secondary N) is 2. The monoisotopic (exact) mass is 427 g/mol. The third-order valence-corrected chi connectivity index (χ3v) is 6.19. The summed E-state index contributed by atoms with van der Waals surface area (Å²) >= 11 is 0. The minimum absolute atomic E-state index is 0.00112. The lowest BCUT2D eigenvalue weighted by atomic mass is 10.1. The number of amides is 2. The van der Waals surface area contributed by atoms with Gasteiger partial charge >= 0.3 is 0 Å². The van der Waals surface area contributed by atoms with Crippen LogP contribution in [-0.4, -0.2) is 63.8 Å². The predicted octanol–water partition coefficient (Wildman–Crippen LogP) is 3.50. The lowest BCUT2D eigenvalue weighted by Crippen LogP contribution is -2.54. The minimum Gasteiger partial charge on any atom is -0.351 e. The number of fused-ring (bicyclic) bond motifs is 2. The van der Waals surface area contributed by atoms with Crippen LogP contribution in [0.3, 0.4) is 0 Å². The fourth-order valence-electron chi connectivity index (χ4n) is 4.29.